The van der Waals surface area contributed by atoms with Gasteiger partial charge in [0.1, 0.15) is 5.82 Å². The SMILES string of the molecule is Cc1ccc(C(C)n2cncc2-c2cccnc2N)s1. The summed E-state index contributed by atoms with van der Waals surface area (Å²) in [6.07, 6.45) is 5.39. The highest BCUT2D eigenvalue weighted by atomic mass is 32.1. The second kappa shape index (κ2) is 5.09. The van der Waals surface area contributed by atoms with Gasteiger partial charge in [-0.3, -0.25) is 0 Å². The maximum atomic E-state index is 5.97. The Bertz CT molecular complexity index is 729. The number of rotatable bonds is 3. The molecule has 3 heterocycles. The first-order chi connectivity index (χ1) is 9.66. The van der Waals surface area contributed by atoms with Gasteiger partial charge in [0.05, 0.1) is 24.3 Å². The summed E-state index contributed by atoms with van der Waals surface area (Å²) in [5.41, 5.74) is 7.89. The zero-order valence-electron chi connectivity index (χ0n) is 11.4. The maximum Gasteiger partial charge on any atom is 0.132 e. The van der Waals surface area contributed by atoms with Crippen molar-refractivity contribution in [2.24, 2.45) is 0 Å². The van der Waals surface area contributed by atoms with Gasteiger partial charge in [0.15, 0.2) is 0 Å². The van der Waals surface area contributed by atoms with Gasteiger partial charge in [-0.25, -0.2) is 9.97 Å². The lowest BCUT2D eigenvalue weighted by atomic mass is 10.1. The van der Waals surface area contributed by atoms with E-state index in [2.05, 4.69) is 40.5 Å². The van der Waals surface area contributed by atoms with Crippen LogP contribution in [0.15, 0.2) is 43.0 Å². The molecular formula is C15H16N4S. The minimum absolute atomic E-state index is 0.228. The van der Waals surface area contributed by atoms with Crippen LogP contribution in [0.1, 0.15) is 22.7 Å². The molecule has 0 aliphatic rings. The predicted molar refractivity (Wildman–Crippen MR) is 82.7 cm³/mol. The standard InChI is InChI=1S/C15H16N4S/c1-10-5-6-14(20-10)11(2)19-9-17-8-13(19)12-4-3-7-18-15(12)16/h3-9,11H,1-2H3,(H2,16,18). The minimum Gasteiger partial charge on any atom is -0.383 e. The van der Waals surface area contributed by atoms with E-state index in [1.165, 1.54) is 9.75 Å². The fraction of sp³-hybridized carbons (Fsp3) is 0.200. The van der Waals surface area contributed by atoms with Crippen molar-refractivity contribution in [1.29, 1.82) is 0 Å². The quantitative estimate of drug-likeness (QED) is 0.800. The van der Waals surface area contributed by atoms with Gasteiger partial charge < -0.3 is 10.3 Å². The largest absolute Gasteiger partial charge is 0.383 e. The highest BCUT2D eigenvalue weighted by Gasteiger charge is 2.16. The van der Waals surface area contributed by atoms with Gasteiger partial charge in [0.2, 0.25) is 0 Å². The average molecular weight is 284 g/mol. The summed E-state index contributed by atoms with van der Waals surface area (Å²) in [4.78, 5) is 11.1. The molecule has 0 aromatic carbocycles. The Morgan fingerprint density at radius 1 is 1.30 bits per heavy atom. The Labute approximate surface area is 121 Å². The molecule has 1 atom stereocenters. The summed E-state index contributed by atoms with van der Waals surface area (Å²) < 4.78 is 2.14. The molecule has 5 heteroatoms. The van der Waals surface area contributed by atoms with Crippen LogP contribution in [0.5, 0.6) is 0 Å². The third kappa shape index (κ3) is 2.20. The Kier molecular flexibility index (Phi) is 3.28. The number of anilines is 1. The topological polar surface area (TPSA) is 56.7 Å². The van der Waals surface area contributed by atoms with E-state index in [-0.39, 0.29) is 6.04 Å². The second-order valence-corrected chi connectivity index (χ2v) is 6.07. The van der Waals surface area contributed by atoms with Crippen LogP contribution in [0.3, 0.4) is 0 Å². The molecule has 1 unspecified atom stereocenters. The summed E-state index contributed by atoms with van der Waals surface area (Å²) in [6, 6.07) is 8.41. The Hall–Kier alpha value is -2.14. The van der Waals surface area contributed by atoms with Crippen molar-refractivity contribution in [1.82, 2.24) is 14.5 Å². The molecule has 0 fully saturated rings. The van der Waals surface area contributed by atoms with E-state index < -0.39 is 0 Å². The number of nitrogens with two attached hydrogens (primary N) is 1. The van der Waals surface area contributed by atoms with Gasteiger partial charge in [-0.2, -0.15) is 0 Å². The van der Waals surface area contributed by atoms with Crippen molar-refractivity contribution in [2.45, 2.75) is 19.9 Å². The van der Waals surface area contributed by atoms with E-state index in [0.717, 1.165) is 11.3 Å². The lowest BCUT2D eigenvalue weighted by Crippen LogP contribution is -2.06. The van der Waals surface area contributed by atoms with Gasteiger partial charge in [0, 0.05) is 21.5 Å². The number of hydrogen-bond donors (Lipinski definition) is 1. The van der Waals surface area contributed by atoms with E-state index in [9.17, 15) is 0 Å². The lowest BCUT2D eigenvalue weighted by molar-refractivity contribution is 0.656. The highest BCUT2D eigenvalue weighted by molar-refractivity contribution is 7.12. The van der Waals surface area contributed by atoms with E-state index in [0.29, 0.717) is 5.82 Å². The third-order valence-electron chi connectivity index (χ3n) is 3.37. The zero-order valence-corrected chi connectivity index (χ0v) is 12.3. The van der Waals surface area contributed by atoms with Crippen LogP contribution in [-0.2, 0) is 0 Å². The fourth-order valence-electron chi connectivity index (χ4n) is 2.27. The number of thiophene rings is 1. The van der Waals surface area contributed by atoms with Gasteiger partial charge >= 0.3 is 0 Å². The first-order valence-corrected chi connectivity index (χ1v) is 7.27. The van der Waals surface area contributed by atoms with E-state index in [4.69, 9.17) is 5.73 Å². The number of hydrogen-bond acceptors (Lipinski definition) is 4. The number of pyridine rings is 1. The number of aryl methyl sites for hydroxylation is 1. The summed E-state index contributed by atoms with van der Waals surface area (Å²) in [5, 5.41) is 0. The normalized spacial score (nSPS) is 12.5. The Morgan fingerprint density at radius 3 is 2.85 bits per heavy atom. The minimum atomic E-state index is 0.228. The molecule has 4 nitrogen and oxygen atoms in total. The fourth-order valence-corrected chi connectivity index (χ4v) is 3.20. The average Bonchev–Trinajstić information content (AvgIpc) is 3.07. The predicted octanol–water partition coefficient (Wildman–Crippen LogP) is 3.51. The smallest absolute Gasteiger partial charge is 0.132 e. The molecule has 3 aromatic rings. The van der Waals surface area contributed by atoms with Crippen molar-refractivity contribution < 1.29 is 0 Å². The van der Waals surface area contributed by atoms with E-state index in [1.807, 2.05) is 24.7 Å². The molecule has 0 saturated heterocycles. The van der Waals surface area contributed by atoms with Crippen molar-refractivity contribution in [3.05, 3.63) is 52.7 Å². The molecule has 102 valence electrons. The van der Waals surface area contributed by atoms with Crippen LogP contribution in [0.4, 0.5) is 5.82 Å². The van der Waals surface area contributed by atoms with Crippen molar-refractivity contribution >= 4 is 17.2 Å². The summed E-state index contributed by atoms with van der Waals surface area (Å²) in [7, 11) is 0. The van der Waals surface area contributed by atoms with Crippen LogP contribution in [0.2, 0.25) is 0 Å². The number of aromatic nitrogens is 3. The van der Waals surface area contributed by atoms with Gasteiger partial charge in [0.25, 0.3) is 0 Å². The second-order valence-electron chi connectivity index (χ2n) is 4.75. The molecule has 0 saturated carbocycles. The molecular weight excluding hydrogens is 268 g/mol. The molecule has 2 N–H and O–H groups in total. The molecule has 0 spiro atoms. The highest BCUT2D eigenvalue weighted by Crippen LogP contribution is 2.31. The van der Waals surface area contributed by atoms with Crippen LogP contribution >= 0.6 is 11.3 Å². The van der Waals surface area contributed by atoms with Gasteiger partial charge in [-0.05, 0) is 38.1 Å². The number of imidazole rings is 1. The first-order valence-electron chi connectivity index (χ1n) is 6.46. The van der Waals surface area contributed by atoms with E-state index in [1.54, 1.807) is 17.5 Å². The number of nitrogens with zero attached hydrogens (tertiary/aromatic N) is 3. The van der Waals surface area contributed by atoms with Gasteiger partial charge in [-0.15, -0.1) is 11.3 Å². The third-order valence-corrected chi connectivity index (χ3v) is 4.54. The van der Waals surface area contributed by atoms with Crippen molar-refractivity contribution in [3.8, 4) is 11.3 Å². The molecule has 20 heavy (non-hydrogen) atoms. The summed E-state index contributed by atoms with van der Waals surface area (Å²) in [5.74, 6) is 0.531. The Morgan fingerprint density at radius 2 is 2.15 bits per heavy atom. The zero-order chi connectivity index (χ0) is 14.1. The monoisotopic (exact) mass is 284 g/mol. The lowest BCUT2D eigenvalue weighted by Gasteiger charge is -2.16. The molecule has 3 aromatic heterocycles. The summed E-state index contributed by atoms with van der Waals surface area (Å²) >= 11 is 1.81. The molecule has 0 aliphatic carbocycles. The molecule has 0 aliphatic heterocycles. The van der Waals surface area contributed by atoms with Crippen LogP contribution in [-0.4, -0.2) is 14.5 Å². The van der Waals surface area contributed by atoms with Crippen LogP contribution < -0.4 is 5.73 Å². The van der Waals surface area contributed by atoms with Gasteiger partial charge in [-0.1, -0.05) is 0 Å². The number of nitrogen functional groups attached to an aromatic ring is 1. The summed E-state index contributed by atoms with van der Waals surface area (Å²) in [6.45, 7) is 4.29. The molecule has 0 radical (unpaired) electrons. The van der Waals surface area contributed by atoms with Crippen molar-refractivity contribution in [3.63, 3.8) is 0 Å². The van der Waals surface area contributed by atoms with E-state index >= 15 is 0 Å². The molecule has 0 bridgehead atoms. The first kappa shape index (κ1) is 12.9. The van der Waals surface area contributed by atoms with Crippen LogP contribution in [0.25, 0.3) is 11.3 Å². The van der Waals surface area contributed by atoms with Crippen LogP contribution in [0, 0.1) is 6.92 Å². The maximum absolute atomic E-state index is 5.97. The van der Waals surface area contributed by atoms with Crippen molar-refractivity contribution in [2.75, 3.05) is 5.73 Å². The molecule has 0 amide bonds. The molecule has 3 rings (SSSR count). The Balaban J connectivity index is 2.05.